The average molecular weight is 357 g/mol. The number of hydrogen-bond donors (Lipinski definition) is 1. The van der Waals surface area contributed by atoms with E-state index in [-0.39, 0.29) is 29.2 Å². The van der Waals surface area contributed by atoms with E-state index in [1.165, 1.54) is 0 Å². The van der Waals surface area contributed by atoms with Crippen LogP contribution in [0.25, 0.3) is 10.8 Å². The largest absolute Gasteiger partial charge is 0.508 e. The van der Waals surface area contributed by atoms with E-state index in [9.17, 15) is 9.90 Å². The van der Waals surface area contributed by atoms with Crippen LogP contribution in [0.1, 0.15) is 66.6 Å². The van der Waals surface area contributed by atoms with Crippen LogP contribution in [0, 0.1) is 16.7 Å². The van der Waals surface area contributed by atoms with Crippen molar-refractivity contribution in [2.24, 2.45) is 16.7 Å². The second-order valence-electron chi connectivity index (χ2n) is 9.15. The zero-order valence-corrected chi connectivity index (χ0v) is 17.1. The lowest BCUT2D eigenvalue weighted by Gasteiger charge is -2.37. The van der Waals surface area contributed by atoms with Gasteiger partial charge in [0.2, 0.25) is 0 Å². The monoisotopic (exact) mass is 356 g/mol. The van der Waals surface area contributed by atoms with Crippen LogP contribution in [-0.4, -0.2) is 11.1 Å². The van der Waals surface area contributed by atoms with Crippen LogP contribution >= 0.6 is 0 Å². The van der Waals surface area contributed by atoms with E-state index in [0.29, 0.717) is 0 Å². The number of benzene rings is 2. The molecule has 26 heavy (non-hydrogen) atoms. The number of rotatable bonds is 5. The van der Waals surface area contributed by atoms with Gasteiger partial charge in [0, 0.05) is 0 Å². The number of ether oxygens (including phenoxy) is 1. The Labute approximate surface area is 157 Å². The first-order valence-corrected chi connectivity index (χ1v) is 9.36. The molecule has 3 heteroatoms. The van der Waals surface area contributed by atoms with Crippen LogP contribution in [0.5, 0.6) is 5.75 Å². The third-order valence-electron chi connectivity index (χ3n) is 5.24. The molecule has 2 rings (SSSR count). The molecule has 0 aliphatic heterocycles. The summed E-state index contributed by atoms with van der Waals surface area (Å²) >= 11 is 0. The number of phenolic OH excluding ortho intramolecular Hbond substituents is 1. The van der Waals surface area contributed by atoms with Crippen molar-refractivity contribution in [2.75, 3.05) is 0 Å². The van der Waals surface area contributed by atoms with Crippen LogP contribution < -0.4 is 0 Å². The first-order valence-electron chi connectivity index (χ1n) is 9.36. The molecule has 2 aromatic carbocycles. The van der Waals surface area contributed by atoms with Crippen molar-refractivity contribution < 1.29 is 14.6 Å². The number of carbonyl (C=O) groups is 1. The molecule has 0 spiro atoms. The molecule has 0 saturated heterocycles. The molecule has 0 saturated carbocycles. The van der Waals surface area contributed by atoms with Crippen molar-refractivity contribution >= 4 is 16.7 Å². The van der Waals surface area contributed by atoms with Gasteiger partial charge in [-0.3, -0.25) is 4.79 Å². The molecule has 2 aromatic rings. The molecule has 0 aromatic heterocycles. The Bertz CT molecular complexity index is 786. The third kappa shape index (κ3) is 4.57. The van der Waals surface area contributed by atoms with E-state index >= 15 is 0 Å². The average Bonchev–Trinajstić information content (AvgIpc) is 2.52. The first kappa shape index (κ1) is 20.3. The summed E-state index contributed by atoms with van der Waals surface area (Å²) in [5.74, 6) is 0.307. The minimum atomic E-state index is -0.519. The molecule has 1 N–H and O–H groups in total. The van der Waals surface area contributed by atoms with Crippen molar-refractivity contribution in [3.8, 4) is 5.75 Å². The number of fused-ring (bicyclic) bond motifs is 1. The normalized spacial score (nSPS) is 15.7. The van der Waals surface area contributed by atoms with Crippen molar-refractivity contribution in [3.05, 3.63) is 42.0 Å². The lowest BCUT2D eigenvalue weighted by Crippen LogP contribution is -2.38. The molecule has 0 heterocycles. The van der Waals surface area contributed by atoms with Gasteiger partial charge in [0.25, 0.3) is 0 Å². The summed E-state index contributed by atoms with van der Waals surface area (Å²) in [7, 11) is 0. The maximum absolute atomic E-state index is 13.0. The molecule has 0 radical (unpaired) electrons. The molecule has 142 valence electrons. The van der Waals surface area contributed by atoms with Gasteiger partial charge in [-0.05, 0) is 66.1 Å². The fourth-order valence-electron chi connectivity index (χ4n) is 3.48. The van der Waals surface area contributed by atoms with E-state index < -0.39 is 5.41 Å². The third-order valence-corrected chi connectivity index (χ3v) is 5.24. The quantitative estimate of drug-likeness (QED) is 0.644. The smallest absolute Gasteiger partial charge is 0.312 e. The Hall–Kier alpha value is -2.03. The summed E-state index contributed by atoms with van der Waals surface area (Å²) in [5, 5.41) is 11.6. The Morgan fingerprint density at radius 1 is 1.00 bits per heavy atom. The van der Waals surface area contributed by atoms with Gasteiger partial charge < -0.3 is 9.84 Å². The molecule has 0 aliphatic rings. The zero-order chi connectivity index (χ0) is 19.7. The molecular weight excluding hydrogens is 324 g/mol. The lowest BCUT2D eigenvalue weighted by molar-refractivity contribution is -0.165. The number of carbonyl (C=O) groups excluding carboxylic acids is 1. The van der Waals surface area contributed by atoms with Gasteiger partial charge in [0.1, 0.15) is 11.9 Å². The molecule has 2 atom stereocenters. The van der Waals surface area contributed by atoms with E-state index in [2.05, 4.69) is 34.6 Å². The van der Waals surface area contributed by atoms with Crippen molar-refractivity contribution in [3.63, 3.8) is 0 Å². The number of hydrogen-bond acceptors (Lipinski definition) is 3. The van der Waals surface area contributed by atoms with Crippen molar-refractivity contribution in [1.82, 2.24) is 0 Å². The van der Waals surface area contributed by atoms with Gasteiger partial charge in [-0.15, -0.1) is 0 Å². The van der Waals surface area contributed by atoms with Gasteiger partial charge >= 0.3 is 5.97 Å². The number of aromatic hydroxyl groups is 1. The maximum atomic E-state index is 13.0. The molecular formula is C23H32O3. The van der Waals surface area contributed by atoms with Gasteiger partial charge in [-0.25, -0.2) is 0 Å². The summed E-state index contributed by atoms with van der Waals surface area (Å²) < 4.78 is 5.89. The summed E-state index contributed by atoms with van der Waals surface area (Å²) in [6.07, 6.45) is 0.457. The minimum absolute atomic E-state index is 0.0478. The van der Waals surface area contributed by atoms with E-state index in [1.807, 2.05) is 38.1 Å². The Kier molecular flexibility index (Phi) is 5.70. The van der Waals surface area contributed by atoms with Gasteiger partial charge in [0.05, 0.1) is 5.41 Å². The van der Waals surface area contributed by atoms with E-state index in [1.54, 1.807) is 12.1 Å². The number of esters is 1. The minimum Gasteiger partial charge on any atom is -0.508 e. The van der Waals surface area contributed by atoms with Crippen molar-refractivity contribution in [1.29, 1.82) is 0 Å². The topological polar surface area (TPSA) is 46.5 Å². The van der Waals surface area contributed by atoms with Gasteiger partial charge in [-0.2, -0.15) is 0 Å². The van der Waals surface area contributed by atoms with E-state index in [4.69, 9.17) is 4.74 Å². The van der Waals surface area contributed by atoms with Crippen LogP contribution in [0.4, 0.5) is 0 Å². The highest BCUT2D eigenvalue weighted by Gasteiger charge is 2.42. The molecule has 0 amide bonds. The highest BCUT2D eigenvalue weighted by molar-refractivity contribution is 5.84. The van der Waals surface area contributed by atoms with Gasteiger partial charge in [0.15, 0.2) is 0 Å². The second-order valence-corrected chi connectivity index (χ2v) is 9.15. The zero-order valence-electron chi connectivity index (χ0n) is 17.1. The lowest BCUT2D eigenvalue weighted by atomic mass is 9.69. The second kappa shape index (κ2) is 7.30. The predicted octanol–water partition coefficient (Wildman–Crippen LogP) is 6.25. The Morgan fingerprint density at radius 2 is 1.58 bits per heavy atom. The molecule has 0 fully saturated rings. The molecule has 0 aliphatic carbocycles. The maximum Gasteiger partial charge on any atom is 0.312 e. The van der Waals surface area contributed by atoms with E-state index in [0.717, 1.165) is 22.8 Å². The van der Waals surface area contributed by atoms with Crippen LogP contribution in [0.2, 0.25) is 0 Å². The van der Waals surface area contributed by atoms with Crippen LogP contribution in [0.15, 0.2) is 36.4 Å². The molecule has 2 unspecified atom stereocenters. The Balaban J connectivity index is 2.23. The van der Waals surface area contributed by atoms with Gasteiger partial charge in [-0.1, -0.05) is 52.8 Å². The standard InChI is InChI=1S/C23H32O3/c1-15(2)23(7,14-22(4,5)6)21(25)26-16(3)17-8-9-19-13-20(24)11-10-18(19)12-17/h8-13,15-16,24H,14H2,1-7H3. The summed E-state index contributed by atoms with van der Waals surface area (Å²) in [6.45, 7) is 14.6. The number of phenols is 1. The Morgan fingerprint density at radius 3 is 2.15 bits per heavy atom. The molecule has 0 bridgehead atoms. The van der Waals surface area contributed by atoms with Crippen LogP contribution in [-0.2, 0) is 9.53 Å². The van der Waals surface area contributed by atoms with Crippen molar-refractivity contribution in [2.45, 2.75) is 61.0 Å². The fraction of sp³-hybridized carbons (Fsp3) is 0.522. The summed E-state index contributed by atoms with van der Waals surface area (Å²) in [6, 6.07) is 11.2. The van der Waals surface area contributed by atoms with Crippen LogP contribution in [0.3, 0.4) is 0 Å². The first-order chi connectivity index (χ1) is 11.9. The summed E-state index contributed by atoms with van der Waals surface area (Å²) in [4.78, 5) is 13.0. The SMILES string of the molecule is CC(OC(=O)C(C)(CC(C)(C)C)C(C)C)c1ccc2cc(O)ccc2c1. The highest BCUT2D eigenvalue weighted by atomic mass is 16.5. The molecule has 3 nitrogen and oxygen atoms in total. The highest BCUT2D eigenvalue weighted by Crippen LogP contribution is 2.41. The predicted molar refractivity (Wildman–Crippen MR) is 107 cm³/mol. The summed E-state index contributed by atoms with van der Waals surface area (Å²) in [5.41, 5.74) is 0.486. The fourth-order valence-corrected chi connectivity index (χ4v) is 3.48.